The highest BCUT2D eigenvalue weighted by Gasteiger charge is 2.41. The van der Waals surface area contributed by atoms with Crippen molar-refractivity contribution in [1.29, 1.82) is 0 Å². The van der Waals surface area contributed by atoms with E-state index in [1.54, 1.807) is 32.9 Å². The van der Waals surface area contributed by atoms with Gasteiger partial charge in [-0.1, -0.05) is 41.1 Å². The fourth-order valence-electron chi connectivity index (χ4n) is 3.44. The van der Waals surface area contributed by atoms with Gasteiger partial charge in [0.15, 0.2) is 5.78 Å². The van der Waals surface area contributed by atoms with Crippen molar-refractivity contribution in [2.24, 2.45) is 11.8 Å². The third kappa shape index (κ3) is 4.43. The van der Waals surface area contributed by atoms with Gasteiger partial charge < -0.3 is 4.74 Å². The van der Waals surface area contributed by atoms with E-state index in [2.05, 4.69) is 15.9 Å². The summed E-state index contributed by atoms with van der Waals surface area (Å²) >= 11 is 3.44. The maximum Gasteiger partial charge on any atom is 0.417 e. The minimum absolute atomic E-state index is 0.0220. The number of imide groups is 1. The van der Waals surface area contributed by atoms with Crippen LogP contribution in [0.2, 0.25) is 0 Å². The number of Topliss-reactive ketones (excluding diaryl/α,β-unsaturated/α-hetero) is 1. The Morgan fingerprint density at radius 2 is 1.79 bits per heavy atom. The Morgan fingerprint density at radius 3 is 2.46 bits per heavy atom. The number of rotatable bonds is 2. The van der Waals surface area contributed by atoms with E-state index in [4.69, 9.17) is 4.74 Å². The van der Waals surface area contributed by atoms with Crippen LogP contribution in [0.15, 0.2) is 40.9 Å². The highest BCUT2D eigenvalue weighted by molar-refractivity contribution is 9.10. The topological polar surface area (TPSA) is 63.7 Å². The molecule has 2 aromatic rings. The summed E-state index contributed by atoms with van der Waals surface area (Å²) in [6, 6.07) is 11.2. The van der Waals surface area contributed by atoms with Gasteiger partial charge in [-0.25, -0.2) is 9.69 Å². The van der Waals surface area contributed by atoms with Gasteiger partial charge in [-0.2, -0.15) is 0 Å². The number of amides is 2. The number of ether oxygens (including phenoxy) is 1. The minimum atomic E-state index is -0.874. The number of ketones is 1. The second-order valence-corrected chi connectivity index (χ2v) is 9.31. The van der Waals surface area contributed by atoms with Crippen molar-refractivity contribution in [3.05, 3.63) is 46.4 Å². The largest absolute Gasteiger partial charge is 0.443 e. The van der Waals surface area contributed by atoms with Crippen LogP contribution in [0.5, 0.6) is 0 Å². The quantitative estimate of drug-likeness (QED) is 0.470. The van der Waals surface area contributed by atoms with Gasteiger partial charge >= 0.3 is 6.09 Å². The lowest BCUT2D eigenvalue weighted by atomic mass is 9.84. The molecule has 0 aliphatic carbocycles. The molecule has 2 amide bonds. The molecule has 0 radical (unpaired) electrons. The Morgan fingerprint density at radius 1 is 1.11 bits per heavy atom. The van der Waals surface area contributed by atoms with Crippen molar-refractivity contribution < 1.29 is 19.1 Å². The molecule has 1 heterocycles. The molecule has 28 heavy (non-hydrogen) atoms. The maximum atomic E-state index is 13.1. The molecule has 0 bridgehead atoms. The first-order valence-corrected chi connectivity index (χ1v) is 10.1. The molecule has 1 unspecified atom stereocenters. The van der Waals surface area contributed by atoms with Gasteiger partial charge in [0.05, 0.1) is 0 Å². The average molecular weight is 446 g/mol. The van der Waals surface area contributed by atoms with Crippen LogP contribution in [0, 0.1) is 11.8 Å². The van der Waals surface area contributed by atoms with Crippen LogP contribution in [0.4, 0.5) is 4.79 Å². The summed E-state index contributed by atoms with van der Waals surface area (Å²) in [5.74, 6) is -1.59. The zero-order valence-corrected chi connectivity index (χ0v) is 18.1. The number of piperidine rings is 1. The van der Waals surface area contributed by atoms with E-state index in [0.29, 0.717) is 12.0 Å². The molecule has 1 saturated heterocycles. The molecule has 0 N–H and O–H groups in total. The highest BCUT2D eigenvalue weighted by Crippen LogP contribution is 2.29. The molecule has 1 fully saturated rings. The van der Waals surface area contributed by atoms with Gasteiger partial charge in [-0.15, -0.1) is 0 Å². The normalized spacial score (nSPS) is 20.3. The van der Waals surface area contributed by atoms with E-state index in [-0.39, 0.29) is 18.2 Å². The summed E-state index contributed by atoms with van der Waals surface area (Å²) in [7, 11) is 0. The lowest BCUT2D eigenvalue weighted by Crippen LogP contribution is -2.51. The molecule has 2 aromatic carbocycles. The van der Waals surface area contributed by atoms with Crippen LogP contribution in [-0.2, 0) is 9.53 Å². The number of fused-ring (bicyclic) bond motifs is 1. The van der Waals surface area contributed by atoms with Gasteiger partial charge in [0.2, 0.25) is 5.91 Å². The van der Waals surface area contributed by atoms with E-state index in [9.17, 15) is 14.4 Å². The molecule has 0 saturated carbocycles. The molecule has 1 aliphatic heterocycles. The number of halogens is 1. The van der Waals surface area contributed by atoms with Crippen molar-refractivity contribution in [3.8, 4) is 0 Å². The fraction of sp³-hybridized carbons (Fsp3) is 0.409. The van der Waals surface area contributed by atoms with Crippen LogP contribution in [0.1, 0.15) is 44.5 Å². The van der Waals surface area contributed by atoms with E-state index in [0.717, 1.165) is 20.1 Å². The molecular weight excluding hydrogens is 422 g/mol. The van der Waals surface area contributed by atoms with Crippen LogP contribution in [-0.4, -0.2) is 34.8 Å². The molecule has 5 nitrogen and oxygen atoms in total. The lowest BCUT2D eigenvalue weighted by Gasteiger charge is -2.35. The Balaban J connectivity index is 1.88. The third-order valence-electron chi connectivity index (χ3n) is 4.71. The zero-order valence-electron chi connectivity index (χ0n) is 16.5. The number of benzene rings is 2. The van der Waals surface area contributed by atoms with Crippen molar-refractivity contribution in [1.82, 2.24) is 4.90 Å². The van der Waals surface area contributed by atoms with Crippen LogP contribution in [0.3, 0.4) is 0 Å². The van der Waals surface area contributed by atoms with Crippen molar-refractivity contribution in [3.63, 3.8) is 0 Å². The van der Waals surface area contributed by atoms with Gasteiger partial charge in [0.1, 0.15) is 11.5 Å². The van der Waals surface area contributed by atoms with Crippen LogP contribution < -0.4 is 0 Å². The second-order valence-electron chi connectivity index (χ2n) is 8.39. The zero-order chi connectivity index (χ0) is 20.6. The summed E-state index contributed by atoms with van der Waals surface area (Å²) in [6.07, 6.45) is -0.266. The molecule has 6 heteroatoms. The Bertz CT molecular complexity index is 947. The Labute approximate surface area is 173 Å². The summed E-state index contributed by atoms with van der Waals surface area (Å²) in [4.78, 5) is 39.6. The molecule has 2 atom stereocenters. The van der Waals surface area contributed by atoms with Gasteiger partial charge in [0, 0.05) is 16.6 Å². The summed E-state index contributed by atoms with van der Waals surface area (Å²) in [5.41, 5.74) is -0.231. The van der Waals surface area contributed by atoms with Crippen molar-refractivity contribution in [2.75, 3.05) is 6.54 Å². The fourth-order valence-corrected chi connectivity index (χ4v) is 3.82. The first kappa shape index (κ1) is 20.5. The number of carbonyl (C=O) groups excluding carboxylic acids is 3. The SMILES string of the molecule is C[C@H]1CC(C(=O)c2ccc3ccc(Br)cc3c2)C(=O)N(C(=O)OC(C)(C)C)C1. The highest BCUT2D eigenvalue weighted by atomic mass is 79.9. The van der Waals surface area contributed by atoms with Crippen molar-refractivity contribution >= 4 is 44.5 Å². The molecule has 0 aromatic heterocycles. The second kappa shape index (κ2) is 7.66. The Kier molecular flexibility index (Phi) is 5.62. The molecule has 3 rings (SSSR count). The maximum absolute atomic E-state index is 13.1. The predicted molar refractivity (Wildman–Crippen MR) is 111 cm³/mol. The molecular formula is C22H24BrNO4. The van der Waals surface area contributed by atoms with E-state index in [1.165, 1.54) is 0 Å². The van der Waals surface area contributed by atoms with E-state index >= 15 is 0 Å². The minimum Gasteiger partial charge on any atom is -0.443 e. The number of nitrogens with zero attached hydrogens (tertiary/aromatic N) is 1. The summed E-state index contributed by atoms with van der Waals surface area (Å²) in [5, 5.41) is 1.93. The predicted octanol–water partition coefficient (Wildman–Crippen LogP) is 5.20. The van der Waals surface area contributed by atoms with Gasteiger partial charge in [-0.05, 0) is 62.1 Å². The first-order chi connectivity index (χ1) is 13.0. The monoisotopic (exact) mass is 445 g/mol. The molecule has 0 spiro atoms. The lowest BCUT2D eigenvalue weighted by molar-refractivity contribution is -0.136. The summed E-state index contributed by atoms with van der Waals surface area (Å²) in [6.45, 7) is 7.44. The van der Waals surface area contributed by atoms with Crippen LogP contribution >= 0.6 is 15.9 Å². The number of carbonyl (C=O) groups is 3. The average Bonchev–Trinajstić information content (AvgIpc) is 2.60. The number of likely N-dealkylation sites (tertiary alicyclic amines) is 1. The van der Waals surface area contributed by atoms with Crippen molar-refractivity contribution in [2.45, 2.75) is 39.7 Å². The third-order valence-corrected chi connectivity index (χ3v) is 5.21. The molecule has 148 valence electrons. The van der Waals surface area contributed by atoms with E-state index in [1.807, 2.05) is 31.2 Å². The first-order valence-electron chi connectivity index (χ1n) is 9.33. The number of hydrogen-bond acceptors (Lipinski definition) is 4. The smallest absolute Gasteiger partial charge is 0.417 e. The number of hydrogen-bond donors (Lipinski definition) is 0. The Hall–Kier alpha value is -2.21. The molecule has 1 aliphatic rings. The summed E-state index contributed by atoms with van der Waals surface area (Å²) < 4.78 is 6.27. The van der Waals surface area contributed by atoms with Crippen LogP contribution in [0.25, 0.3) is 10.8 Å². The van der Waals surface area contributed by atoms with Gasteiger partial charge in [-0.3, -0.25) is 9.59 Å². The van der Waals surface area contributed by atoms with E-state index < -0.39 is 23.5 Å². The van der Waals surface area contributed by atoms with Gasteiger partial charge in [0.25, 0.3) is 0 Å². The standard InChI is InChI=1S/C22H24BrNO4/c1-13-9-18(20(26)24(12-13)21(27)28-22(2,3)4)19(25)15-6-5-14-7-8-17(23)11-16(14)10-15/h5-8,10-11,13,18H,9,12H2,1-4H3/t13-,18?/m0/s1.